The Morgan fingerprint density at radius 3 is 2.78 bits per heavy atom. The largest absolute Gasteiger partial charge is 0.496 e. The number of benzene rings is 2. The van der Waals surface area contributed by atoms with E-state index in [1.165, 1.54) is 0 Å². The molecule has 7 heteroatoms. The third-order valence-electron chi connectivity index (χ3n) is 4.23. The first kappa shape index (κ1) is 19.6. The number of esters is 1. The van der Waals surface area contributed by atoms with E-state index in [0.717, 1.165) is 16.8 Å². The van der Waals surface area contributed by atoms with Crippen LogP contribution in [-0.2, 0) is 14.3 Å². The molecule has 3 rings (SSSR count). The number of fused-ring (bicyclic) bond motifs is 1. The molecule has 5 nitrogen and oxygen atoms in total. The summed E-state index contributed by atoms with van der Waals surface area (Å²) in [6.07, 6.45) is -1.13. The summed E-state index contributed by atoms with van der Waals surface area (Å²) < 4.78 is 16.9. The van der Waals surface area contributed by atoms with Crippen molar-refractivity contribution < 1.29 is 19.0 Å². The number of carbonyl (C=O) groups is 1. The van der Waals surface area contributed by atoms with Crippen LogP contribution in [0.25, 0.3) is 0 Å². The Bertz CT molecular complexity index is 858. The predicted molar refractivity (Wildman–Crippen MR) is 109 cm³/mol. The minimum Gasteiger partial charge on any atom is -0.496 e. The highest BCUT2D eigenvalue weighted by Gasteiger charge is 2.32. The molecule has 0 bridgehead atoms. The normalized spacial score (nSPS) is 18.9. The van der Waals surface area contributed by atoms with E-state index in [0.29, 0.717) is 22.4 Å². The molecule has 27 heavy (non-hydrogen) atoms. The van der Waals surface area contributed by atoms with Crippen molar-refractivity contribution in [3.05, 3.63) is 58.6 Å². The second-order valence-electron chi connectivity index (χ2n) is 5.98. The van der Waals surface area contributed by atoms with E-state index in [4.69, 9.17) is 38.0 Å². The summed E-state index contributed by atoms with van der Waals surface area (Å²) >= 11 is 11.7. The standard InChI is InChI=1S/C20H20ClNO4S/c1-3-25-18(23)11-17-20(27)22-15-9-8-12(21)10-14(15)19(26-17)13-6-4-5-7-16(13)24-2/h4-10,17,19H,3,11H2,1-2H3,(H,22,27). The number of rotatable bonds is 5. The number of nitrogens with one attached hydrogen (secondary N) is 1. The van der Waals surface area contributed by atoms with E-state index < -0.39 is 12.2 Å². The third kappa shape index (κ3) is 4.40. The molecule has 1 N–H and O–H groups in total. The molecule has 0 aromatic heterocycles. The molecular weight excluding hydrogens is 386 g/mol. The molecular formula is C20H20ClNO4S. The van der Waals surface area contributed by atoms with Crippen molar-refractivity contribution in [3.63, 3.8) is 0 Å². The van der Waals surface area contributed by atoms with Crippen molar-refractivity contribution in [3.8, 4) is 5.75 Å². The van der Waals surface area contributed by atoms with Crippen LogP contribution in [0.3, 0.4) is 0 Å². The van der Waals surface area contributed by atoms with Crippen LogP contribution < -0.4 is 10.1 Å². The number of methoxy groups -OCH3 is 1. The average molecular weight is 406 g/mol. The van der Waals surface area contributed by atoms with Gasteiger partial charge in [0, 0.05) is 21.8 Å². The SMILES string of the molecule is CCOC(=O)CC1OC(c2ccccc2OC)c2cc(Cl)ccc2NC1=S. The van der Waals surface area contributed by atoms with Gasteiger partial charge in [-0.2, -0.15) is 0 Å². The molecule has 2 atom stereocenters. The third-order valence-corrected chi connectivity index (χ3v) is 4.83. The number of para-hydroxylation sites is 1. The average Bonchev–Trinajstić information content (AvgIpc) is 2.79. The van der Waals surface area contributed by atoms with Gasteiger partial charge < -0.3 is 19.5 Å². The first-order chi connectivity index (χ1) is 13.0. The van der Waals surface area contributed by atoms with Gasteiger partial charge in [0.05, 0.1) is 20.1 Å². The summed E-state index contributed by atoms with van der Waals surface area (Å²) in [7, 11) is 1.60. The van der Waals surface area contributed by atoms with Crippen molar-refractivity contribution in [2.24, 2.45) is 0 Å². The van der Waals surface area contributed by atoms with Crippen LogP contribution in [-0.4, -0.2) is 30.8 Å². The van der Waals surface area contributed by atoms with Crippen LogP contribution in [0.15, 0.2) is 42.5 Å². The Labute approximate surface area is 168 Å². The molecule has 0 saturated carbocycles. The first-order valence-corrected chi connectivity index (χ1v) is 9.36. The van der Waals surface area contributed by atoms with Crippen molar-refractivity contribution in [2.75, 3.05) is 19.0 Å². The van der Waals surface area contributed by atoms with Crippen LogP contribution in [0.4, 0.5) is 5.69 Å². The minimum absolute atomic E-state index is 0.0209. The molecule has 0 saturated heterocycles. The molecule has 1 heterocycles. The summed E-state index contributed by atoms with van der Waals surface area (Å²) in [6, 6.07) is 13.0. The number of ether oxygens (including phenoxy) is 3. The van der Waals surface area contributed by atoms with Crippen molar-refractivity contribution in [1.82, 2.24) is 0 Å². The van der Waals surface area contributed by atoms with Crippen LogP contribution in [0, 0.1) is 0 Å². The highest BCUT2D eigenvalue weighted by atomic mass is 35.5. The van der Waals surface area contributed by atoms with Gasteiger partial charge in [-0.1, -0.05) is 42.0 Å². The molecule has 2 aromatic carbocycles. The number of hydrogen-bond donors (Lipinski definition) is 1. The second-order valence-corrected chi connectivity index (χ2v) is 6.85. The molecule has 2 unspecified atom stereocenters. The van der Waals surface area contributed by atoms with Gasteiger partial charge in [-0.15, -0.1) is 0 Å². The number of carbonyl (C=O) groups excluding carboxylic acids is 1. The van der Waals surface area contributed by atoms with E-state index in [-0.39, 0.29) is 12.4 Å². The van der Waals surface area contributed by atoms with Crippen molar-refractivity contribution in [1.29, 1.82) is 0 Å². The highest BCUT2D eigenvalue weighted by Crippen LogP contribution is 2.40. The zero-order valence-electron chi connectivity index (χ0n) is 15.0. The molecule has 1 aliphatic heterocycles. The van der Waals surface area contributed by atoms with Gasteiger partial charge in [-0.05, 0) is 31.2 Å². The Balaban J connectivity index is 2.05. The van der Waals surface area contributed by atoms with E-state index in [1.807, 2.05) is 36.4 Å². The van der Waals surface area contributed by atoms with Gasteiger partial charge in [0.1, 0.15) is 22.9 Å². The predicted octanol–water partition coefficient (Wildman–Crippen LogP) is 4.53. The Morgan fingerprint density at radius 1 is 1.26 bits per heavy atom. The van der Waals surface area contributed by atoms with E-state index in [2.05, 4.69) is 5.32 Å². The van der Waals surface area contributed by atoms with Crippen LogP contribution >= 0.6 is 23.8 Å². The lowest BCUT2D eigenvalue weighted by molar-refractivity contribution is -0.145. The second kappa shape index (κ2) is 8.69. The maximum Gasteiger partial charge on any atom is 0.308 e. The van der Waals surface area contributed by atoms with E-state index in [1.54, 1.807) is 20.1 Å². The van der Waals surface area contributed by atoms with Gasteiger partial charge in [-0.25, -0.2) is 0 Å². The van der Waals surface area contributed by atoms with Crippen molar-refractivity contribution in [2.45, 2.75) is 25.6 Å². The monoisotopic (exact) mass is 405 g/mol. The Morgan fingerprint density at radius 2 is 2.04 bits per heavy atom. The number of halogens is 1. The fourth-order valence-electron chi connectivity index (χ4n) is 3.01. The molecule has 0 spiro atoms. The number of anilines is 1. The molecule has 0 radical (unpaired) electrons. The fraction of sp³-hybridized carbons (Fsp3) is 0.300. The van der Waals surface area contributed by atoms with Gasteiger partial charge in [0.2, 0.25) is 0 Å². The van der Waals surface area contributed by atoms with Gasteiger partial charge in [0.25, 0.3) is 0 Å². The first-order valence-electron chi connectivity index (χ1n) is 8.57. The maximum absolute atomic E-state index is 12.0. The Hall–Kier alpha value is -2.15. The summed E-state index contributed by atoms with van der Waals surface area (Å²) in [6.45, 7) is 2.06. The zero-order valence-corrected chi connectivity index (χ0v) is 16.6. The summed E-state index contributed by atoms with van der Waals surface area (Å²) in [5, 5.41) is 3.76. The van der Waals surface area contributed by atoms with Gasteiger partial charge in [0.15, 0.2) is 0 Å². The zero-order chi connectivity index (χ0) is 19.4. The summed E-state index contributed by atoms with van der Waals surface area (Å²) in [4.78, 5) is 12.4. The van der Waals surface area contributed by atoms with Crippen LogP contribution in [0.5, 0.6) is 5.75 Å². The molecule has 142 valence electrons. The quantitative estimate of drug-likeness (QED) is 0.582. The Kier molecular flexibility index (Phi) is 6.31. The topological polar surface area (TPSA) is 56.8 Å². The number of hydrogen-bond acceptors (Lipinski definition) is 5. The maximum atomic E-state index is 12.0. The van der Waals surface area contributed by atoms with Crippen LogP contribution in [0.2, 0.25) is 5.02 Å². The lowest BCUT2D eigenvalue weighted by atomic mass is 9.99. The molecule has 0 amide bonds. The van der Waals surface area contributed by atoms with E-state index >= 15 is 0 Å². The highest BCUT2D eigenvalue weighted by molar-refractivity contribution is 7.80. The molecule has 0 aliphatic carbocycles. The summed E-state index contributed by atoms with van der Waals surface area (Å²) in [5.74, 6) is 0.311. The molecule has 2 aromatic rings. The van der Waals surface area contributed by atoms with Crippen molar-refractivity contribution >= 4 is 40.5 Å². The van der Waals surface area contributed by atoms with Crippen LogP contribution in [0.1, 0.15) is 30.6 Å². The lowest BCUT2D eigenvalue weighted by Gasteiger charge is -2.23. The minimum atomic E-state index is -0.639. The molecule has 1 aliphatic rings. The van der Waals surface area contributed by atoms with Gasteiger partial charge in [-0.3, -0.25) is 4.79 Å². The van der Waals surface area contributed by atoms with E-state index in [9.17, 15) is 4.79 Å². The lowest BCUT2D eigenvalue weighted by Crippen LogP contribution is -2.31. The van der Waals surface area contributed by atoms with Gasteiger partial charge >= 0.3 is 5.97 Å². The smallest absolute Gasteiger partial charge is 0.308 e. The molecule has 0 fully saturated rings. The summed E-state index contributed by atoms with van der Waals surface area (Å²) in [5.41, 5.74) is 2.43. The number of thiocarbonyl (C=S) groups is 1. The fourth-order valence-corrected chi connectivity index (χ4v) is 3.44.